The van der Waals surface area contributed by atoms with Gasteiger partial charge in [-0.3, -0.25) is 4.79 Å². The van der Waals surface area contributed by atoms with Crippen molar-refractivity contribution in [1.82, 2.24) is 5.32 Å². The number of halogens is 4. The molecule has 1 N–H and O–H groups in total. The summed E-state index contributed by atoms with van der Waals surface area (Å²) in [5.41, 5.74) is 0.962. The fourth-order valence-electron chi connectivity index (χ4n) is 2.17. The van der Waals surface area contributed by atoms with E-state index in [1.54, 1.807) is 12.1 Å². The van der Waals surface area contributed by atoms with Crippen LogP contribution in [0.25, 0.3) is 0 Å². The van der Waals surface area contributed by atoms with Gasteiger partial charge in [0.05, 0.1) is 7.11 Å². The lowest BCUT2D eigenvalue weighted by atomic mass is 10.1. The normalized spacial score (nSPS) is 10.6. The molecule has 2 rings (SSSR count). The Kier molecular flexibility index (Phi) is 6.69. The molecular formula is C17H15BrF3NO3. The van der Waals surface area contributed by atoms with Crippen LogP contribution in [-0.4, -0.2) is 26.2 Å². The molecule has 0 fully saturated rings. The van der Waals surface area contributed by atoms with E-state index in [0.717, 1.165) is 11.6 Å². The molecule has 0 saturated carbocycles. The van der Waals surface area contributed by atoms with E-state index in [9.17, 15) is 18.0 Å². The van der Waals surface area contributed by atoms with Crippen LogP contribution in [0.5, 0.6) is 11.5 Å². The Balaban J connectivity index is 1.96. The lowest BCUT2D eigenvalue weighted by Gasteiger charge is -2.12. The van der Waals surface area contributed by atoms with Crippen LogP contribution >= 0.6 is 15.9 Å². The average Bonchev–Trinajstić information content (AvgIpc) is 2.54. The third kappa shape index (κ3) is 5.67. The Bertz CT molecular complexity index is 736. The van der Waals surface area contributed by atoms with Crippen molar-refractivity contribution in [3.8, 4) is 11.5 Å². The fourth-order valence-corrected chi connectivity index (χ4v) is 2.63. The molecule has 0 radical (unpaired) electrons. The summed E-state index contributed by atoms with van der Waals surface area (Å²) < 4.78 is 47.7. The lowest BCUT2D eigenvalue weighted by molar-refractivity contribution is -0.0512. The van der Waals surface area contributed by atoms with Crippen LogP contribution in [0, 0.1) is 5.82 Å². The molecule has 0 aliphatic rings. The largest absolute Gasteiger partial charge is 0.493 e. The van der Waals surface area contributed by atoms with Gasteiger partial charge in [-0.1, -0.05) is 22.0 Å². The number of ether oxygens (including phenoxy) is 2. The van der Waals surface area contributed by atoms with Gasteiger partial charge >= 0.3 is 6.61 Å². The zero-order chi connectivity index (χ0) is 18.4. The second kappa shape index (κ2) is 8.75. The van der Waals surface area contributed by atoms with Crippen molar-refractivity contribution in [1.29, 1.82) is 0 Å². The molecule has 0 atom stereocenters. The first-order chi connectivity index (χ1) is 11.9. The summed E-state index contributed by atoms with van der Waals surface area (Å²) in [6.45, 7) is -2.66. The molecule has 8 heteroatoms. The van der Waals surface area contributed by atoms with Gasteiger partial charge in [0.2, 0.25) is 0 Å². The van der Waals surface area contributed by atoms with E-state index in [4.69, 9.17) is 4.74 Å². The summed E-state index contributed by atoms with van der Waals surface area (Å²) >= 11 is 3.13. The number of carbonyl (C=O) groups excluding carboxylic acids is 1. The van der Waals surface area contributed by atoms with Gasteiger partial charge in [-0.25, -0.2) is 4.39 Å². The Morgan fingerprint density at radius 2 is 1.96 bits per heavy atom. The minimum absolute atomic E-state index is 0.0603. The molecule has 0 aromatic heterocycles. The summed E-state index contributed by atoms with van der Waals surface area (Å²) in [6, 6.07) is 8.45. The Hall–Kier alpha value is -2.22. The van der Waals surface area contributed by atoms with Crippen LogP contribution < -0.4 is 14.8 Å². The van der Waals surface area contributed by atoms with Gasteiger partial charge in [-0.05, 0) is 42.3 Å². The molecule has 0 heterocycles. The zero-order valence-electron chi connectivity index (χ0n) is 13.2. The van der Waals surface area contributed by atoms with Gasteiger partial charge in [0.15, 0.2) is 11.5 Å². The van der Waals surface area contributed by atoms with Crippen LogP contribution in [0.1, 0.15) is 15.9 Å². The predicted octanol–water partition coefficient (Wildman–Crippen LogP) is 4.17. The zero-order valence-corrected chi connectivity index (χ0v) is 14.8. The number of rotatable bonds is 7. The maximum absolute atomic E-state index is 13.3. The second-order valence-electron chi connectivity index (χ2n) is 5.03. The minimum Gasteiger partial charge on any atom is -0.493 e. The van der Waals surface area contributed by atoms with Crippen LogP contribution in [0.2, 0.25) is 0 Å². The minimum atomic E-state index is -2.94. The molecule has 4 nitrogen and oxygen atoms in total. The molecule has 25 heavy (non-hydrogen) atoms. The number of hydrogen-bond donors (Lipinski definition) is 1. The molecule has 0 bridgehead atoms. The summed E-state index contributed by atoms with van der Waals surface area (Å²) in [6.07, 6.45) is 0.438. The number of nitrogens with one attached hydrogen (secondary N) is 1. The molecule has 0 aliphatic carbocycles. The Morgan fingerprint density at radius 1 is 1.20 bits per heavy atom. The predicted molar refractivity (Wildman–Crippen MR) is 89.8 cm³/mol. The monoisotopic (exact) mass is 417 g/mol. The van der Waals surface area contributed by atoms with Gasteiger partial charge in [0.25, 0.3) is 5.91 Å². The van der Waals surface area contributed by atoms with Crippen LogP contribution in [0.4, 0.5) is 13.2 Å². The van der Waals surface area contributed by atoms with E-state index in [0.29, 0.717) is 10.9 Å². The Labute approximate surface area is 151 Å². The molecule has 2 aromatic rings. The highest BCUT2D eigenvalue weighted by atomic mass is 79.9. The van der Waals surface area contributed by atoms with Crippen LogP contribution in [-0.2, 0) is 6.42 Å². The van der Waals surface area contributed by atoms with Crippen molar-refractivity contribution in [3.05, 3.63) is 57.8 Å². The van der Waals surface area contributed by atoms with Crippen molar-refractivity contribution >= 4 is 21.8 Å². The second-order valence-corrected chi connectivity index (χ2v) is 5.94. The standard InChI is InChI=1S/C17H15BrF3NO3/c1-24-15-6-10(2-3-14(15)25-17(20)21)4-5-22-16(23)11-7-12(18)9-13(19)8-11/h2-3,6-9,17H,4-5H2,1H3,(H,22,23). The first-order valence-corrected chi connectivity index (χ1v) is 8.04. The van der Waals surface area contributed by atoms with Gasteiger partial charge in [0.1, 0.15) is 5.82 Å². The third-order valence-corrected chi connectivity index (χ3v) is 3.73. The van der Waals surface area contributed by atoms with Crippen LogP contribution in [0.3, 0.4) is 0 Å². The highest BCUT2D eigenvalue weighted by Gasteiger charge is 2.12. The van der Waals surface area contributed by atoms with E-state index < -0.39 is 18.3 Å². The maximum atomic E-state index is 13.3. The molecule has 0 saturated heterocycles. The number of methoxy groups -OCH3 is 1. The number of amides is 1. The van der Waals surface area contributed by atoms with E-state index in [-0.39, 0.29) is 23.6 Å². The van der Waals surface area contributed by atoms with E-state index >= 15 is 0 Å². The maximum Gasteiger partial charge on any atom is 0.387 e. The molecule has 0 aliphatic heterocycles. The molecule has 0 spiro atoms. The molecule has 2 aromatic carbocycles. The summed E-state index contributed by atoms with van der Waals surface area (Å²) in [7, 11) is 1.35. The van der Waals surface area contributed by atoms with E-state index in [2.05, 4.69) is 26.0 Å². The van der Waals surface area contributed by atoms with Crippen molar-refractivity contribution in [3.63, 3.8) is 0 Å². The number of carbonyl (C=O) groups is 1. The third-order valence-electron chi connectivity index (χ3n) is 3.27. The van der Waals surface area contributed by atoms with Gasteiger partial charge in [0, 0.05) is 16.6 Å². The smallest absolute Gasteiger partial charge is 0.387 e. The van der Waals surface area contributed by atoms with Crippen molar-refractivity contribution < 1.29 is 27.4 Å². The first kappa shape index (κ1) is 19.1. The number of alkyl halides is 2. The topological polar surface area (TPSA) is 47.6 Å². The van der Waals surface area contributed by atoms with Gasteiger partial charge in [-0.2, -0.15) is 8.78 Å². The summed E-state index contributed by atoms with van der Waals surface area (Å²) in [5, 5.41) is 2.67. The SMILES string of the molecule is COc1cc(CCNC(=O)c2cc(F)cc(Br)c2)ccc1OC(F)F. The molecular weight excluding hydrogens is 403 g/mol. The number of hydrogen-bond acceptors (Lipinski definition) is 3. The van der Waals surface area contributed by atoms with Gasteiger partial charge < -0.3 is 14.8 Å². The highest BCUT2D eigenvalue weighted by Crippen LogP contribution is 2.29. The Morgan fingerprint density at radius 3 is 2.60 bits per heavy atom. The lowest BCUT2D eigenvalue weighted by Crippen LogP contribution is -2.25. The molecule has 1 amide bonds. The van der Waals surface area contributed by atoms with Crippen LogP contribution in [0.15, 0.2) is 40.9 Å². The highest BCUT2D eigenvalue weighted by molar-refractivity contribution is 9.10. The number of benzene rings is 2. The van der Waals surface area contributed by atoms with Crippen molar-refractivity contribution in [2.75, 3.05) is 13.7 Å². The first-order valence-electron chi connectivity index (χ1n) is 7.25. The summed E-state index contributed by atoms with van der Waals surface area (Å²) in [5.74, 6) is -0.809. The van der Waals surface area contributed by atoms with Crippen molar-refractivity contribution in [2.24, 2.45) is 0 Å². The van der Waals surface area contributed by atoms with E-state index in [1.165, 1.54) is 25.3 Å². The summed E-state index contributed by atoms with van der Waals surface area (Å²) in [4.78, 5) is 12.0. The molecule has 134 valence electrons. The van der Waals surface area contributed by atoms with Crippen molar-refractivity contribution in [2.45, 2.75) is 13.0 Å². The fraction of sp³-hybridized carbons (Fsp3) is 0.235. The quantitative estimate of drug-likeness (QED) is 0.735. The van der Waals surface area contributed by atoms with E-state index in [1.807, 2.05) is 0 Å². The average molecular weight is 418 g/mol. The molecule has 0 unspecified atom stereocenters. The van der Waals surface area contributed by atoms with Gasteiger partial charge in [-0.15, -0.1) is 0 Å².